The summed E-state index contributed by atoms with van der Waals surface area (Å²) in [4.78, 5) is 38.2. The fraction of sp³-hybridized carbons (Fsp3) is 0.333. The lowest BCUT2D eigenvalue weighted by Crippen LogP contribution is -2.64. The number of nitrogens with zero attached hydrogens (tertiary/aromatic N) is 2. The Bertz CT molecular complexity index is 1310. The number of Topliss-reactive ketones (excluding diaryl/α,β-unsaturated/α-hetero) is 1. The van der Waals surface area contributed by atoms with Crippen LogP contribution >= 0.6 is 0 Å². The Morgan fingerprint density at radius 3 is 2.41 bits per heavy atom. The Morgan fingerprint density at radius 1 is 1.22 bits per heavy atom. The number of rotatable bonds is 5. The average molecular weight is 460 g/mol. The van der Waals surface area contributed by atoms with Gasteiger partial charge in [0.25, 0.3) is 17.6 Å². The minimum Gasteiger partial charge on any atom is -0.344 e. The number of carbonyl (C=O) groups excluding carboxylic acids is 3. The fourth-order valence-electron chi connectivity index (χ4n) is 3.96. The van der Waals surface area contributed by atoms with Crippen molar-refractivity contribution >= 4 is 33.1 Å². The van der Waals surface area contributed by atoms with E-state index in [9.17, 15) is 27.2 Å². The predicted octanol–water partition coefficient (Wildman–Crippen LogP) is 1.39. The van der Waals surface area contributed by atoms with Crippen molar-refractivity contribution in [3.8, 4) is 6.07 Å². The highest BCUT2D eigenvalue weighted by atomic mass is 32.2. The number of anilines is 1. The topological polar surface area (TPSA) is 138 Å². The number of amides is 2. The van der Waals surface area contributed by atoms with Crippen LogP contribution in [0.4, 0.5) is 10.1 Å². The number of aromatic nitrogens is 1. The molecule has 2 N–H and O–H groups in total. The van der Waals surface area contributed by atoms with Crippen molar-refractivity contribution < 1.29 is 27.2 Å². The van der Waals surface area contributed by atoms with Gasteiger partial charge in [0.05, 0.1) is 33.9 Å². The zero-order valence-electron chi connectivity index (χ0n) is 17.9. The van der Waals surface area contributed by atoms with Gasteiger partial charge in [0.1, 0.15) is 11.9 Å². The molecule has 1 aromatic heterocycles. The van der Waals surface area contributed by atoms with Crippen LogP contribution in [0.2, 0.25) is 0 Å². The number of nitriles is 1. The van der Waals surface area contributed by atoms with Crippen LogP contribution in [0.5, 0.6) is 0 Å². The molecule has 9 nitrogen and oxygen atoms in total. The van der Waals surface area contributed by atoms with E-state index < -0.39 is 38.8 Å². The number of sulfone groups is 1. The Hall–Kier alpha value is -3.52. The fourth-order valence-corrected chi connectivity index (χ4v) is 5.96. The molecular formula is C21H21FN4O5S. The van der Waals surface area contributed by atoms with Crippen molar-refractivity contribution in [1.29, 1.82) is 5.26 Å². The average Bonchev–Trinajstić information content (AvgIpc) is 2.89. The second-order valence-electron chi connectivity index (χ2n) is 8.13. The number of hydrogen-bond donors (Lipinski definition) is 2. The maximum absolute atomic E-state index is 13.5. The van der Waals surface area contributed by atoms with Gasteiger partial charge in [0.2, 0.25) is 0 Å². The van der Waals surface area contributed by atoms with Gasteiger partial charge in [-0.25, -0.2) is 12.8 Å². The Balaban J connectivity index is 1.86. The maximum Gasteiger partial charge on any atom is 0.294 e. The summed E-state index contributed by atoms with van der Waals surface area (Å²) in [5, 5.41) is 14.0. The van der Waals surface area contributed by atoms with Crippen LogP contribution in [-0.4, -0.2) is 47.6 Å². The summed E-state index contributed by atoms with van der Waals surface area (Å²) >= 11 is 0. The van der Waals surface area contributed by atoms with E-state index in [1.807, 2.05) is 0 Å². The third-order valence-corrected chi connectivity index (χ3v) is 7.57. The minimum absolute atomic E-state index is 0.00671. The van der Waals surface area contributed by atoms with E-state index in [1.165, 1.54) is 30.7 Å². The zero-order valence-corrected chi connectivity index (χ0v) is 18.7. The molecule has 168 valence electrons. The van der Waals surface area contributed by atoms with E-state index in [1.54, 1.807) is 19.9 Å². The molecule has 3 rings (SSSR count). The number of nitrogens with one attached hydrogen (secondary N) is 2. The highest BCUT2D eigenvalue weighted by Crippen LogP contribution is 2.26. The molecule has 0 bridgehead atoms. The summed E-state index contributed by atoms with van der Waals surface area (Å²) in [6.07, 6.45) is 0. The zero-order chi connectivity index (χ0) is 24.0. The molecule has 2 aromatic rings. The van der Waals surface area contributed by atoms with E-state index in [2.05, 4.69) is 10.6 Å². The lowest BCUT2D eigenvalue weighted by atomic mass is 10.0. The lowest BCUT2D eigenvalue weighted by Gasteiger charge is -2.38. The van der Waals surface area contributed by atoms with Crippen LogP contribution < -0.4 is 10.6 Å². The molecule has 0 radical (unpaired) electrons. The van der Waals surface area contributed by atoms with Gasteiger partial charge in [-0.05, 0) is 44.5 Å². The first-order chi connectivity index (χ1) is 14.8. The van der Waals surface area contributed by atoms with E-state index in [4.69, 9.17) is 5.26 Å². The summed E-state index contributed by atoms with van der Waals surface area (Å²) in [6.45, 7) is 4.66. The second-order valence-corrected chi connectivity index (χ2v) is 10.2. The van der Waals surface area contributed by atoms with Crippen LogP contribution in [0, 0.1) is 31.0 Å². The molecule has 2 amide bonds. The SMILES string of the molecule is Cc1c(C(=O)Nc2ccc(F)c(C#N)c2)c(C)n(C)c1C(=O)C(=O)NC1(C)CS(=O)(=O)C1. The van der Waals surface area contributed by atoms with E-state index in [0.717, 1.165) is 6.07 Å². The molecule has 1 aliphatic rings. The second kappa shape index (κ2) is 7.87. The Labute approximate surface area is 184 Å². The van der Waals surface area contributed by atoms with Gasteiger partial charge in [-0.2, -0.15) is 5.26 Å². The van der Waals surface area contributed by atoms with Crippen LogP contribution in [0.25, 0.3) is 0 Å². The molecule has 2 heterocycles. The van der Waals surface area contributed by atoms with Gasteiger partial charge < -0.3 is 15.2 Å². The van der Waals surface area contributed by atoms with Gasteiger partial charge in [0.15, 0.2) is 9.84 Å². The Morgan fingerprint density at radius 2 is 1.84 bits per heavy atom. The highest BCUT2D eigenvalue weighted by Gasteiger charge is 2.46. The molecule has 0 spiro atoms. The third-order valence-electron chi connectivity index (χ3n) is 5.42. The summed E-state index contributed by atoms with van der Waals surface area (Å²) in [7, 11) is -1.69. The van der Waals surface area contributed by atoms with Crippen molar-refractivity contribution in [2.24, 2.45) is 7.05 Å². The number of halogens is 1. The molecule has 1 aliphatic heterocycles. The van der Waals surface area contributed by atoms with Crippen LogP contribution in [-0.2, 0) is 21.7 Å². The molecule has 0 atom stereocenters. The van der Waals surface area contributed by atoms with Crippen molar-refractivity contribution in [2.45, 2.75) is 26.3 Å². The quantitative estimate of drug-likeness (QED) is 0.511. The summed E-state index contributed by atoms with van der Waals surface area (Å²) in [5.74, 6) is -3.67. The van der Waals surface area contributed by atoms with Gasteiger partial charge in [-0.15, -0.1) is 0 Å². The van der Waals surface area contributed by atoms with Crippen LogP contribution in [0.1, 0.15) is 44.6 Å². The first-order valence-electron chi connectivity index (χ1n) is 9.53. The van der Waals surface area contributed by atoms with Crippen LogP contribution in [0.3, 0.4) is 0 Å². The maximum atomic E-state index is 13.5. The van der Waals surface area contributed by atoms with Crippen molar-refractivity contribution in [3.63, 3.8) is 0 Å². The predicted molar refractivity (Wildman–Crippen MR) is 113 cm³/mol. The molecule has 0 saturated carbocycles. The van der Waals surface area contributed by atoms with Crippen molar-refractivity contribution in [3.05, 3.63) is 52.1 Å². The van der Waals surface area contributed by atoms with Gasteiger partial charge >= 0.3 is 0 Å². The van der Waals surface area contributed by atoms with Crippen molar-refractivity contribution in [1.82, 2.24) is 9.88 Å². The molecule has 11 heteroatoms. The molecule has 0 unspecified atom stereocenters. The summed E-state index contributed by atoms with van der Waals surface area (Å²) in [6, 6.07) is 5.23. The number of benzene rings is 1. The van der Waals surface area contributed by atoms with Crippen molar-refractivity contribution in [2.75, 3.05) is 16.8 Å². The molecule has 1 fully saturated rings. The monoisotopic (exact) mass is 460 g/mol. The standard InChI is InChI=1S/C21H21FN4O5S/c1-11-16(19(28)24-14-5-6-15(22)13(7-14)8-23)12(2)26(4)17(11)18(27)20(29)25-21(3)9-32(30,31)10-21/h5-7H,9-10H2,1-4H3,(H,24,28)(H,25,29). The van der Waals surface area contributed by atoms with Gasteiger partial charge in [-0.3, -0.25) is 14.4 Å². The Kier molecular flexibility index (Phi) is 5.69. The lowest BCUT2D eigenvalue weighted by molar-refractivity contribution is -0.118. The number of hydrogen-bond acceptors (Lipinski definition) is 6. The molecule has 1 aromatic carbocycles. The molecule has 1 saturated heterocycles. The smallest absolute Gasteiger partial charge is 0.294 e. The summed E-state index contributed by atoms with van der Waals surface area (Å²) in [5.41, 5.74) is -0.228. The third kappa shape index (κ3) is 4.13. The molecule has 32 heavy (non-hydrogen) atoms. The minimum atomic E-state index is -3.22. The normalized spacial score (nSPS) is 15.9. The van der Waals surface area contributed by atoms with Gasteiger partial charge in [-0.1, -0.05) is 0 Å². The molecule has 0 aliphatic carbocycles. The summed E-state index contributed by atoms with van der Waals surface area (Å²) < 4.78 is 37.8. The number of ketones is 1. The van der Waals surface area contributed by atoms with Crippen LogP contribution in [0.15, 0.2) is 18.2 Å². The molecular weight excluding hydrogens is 439 g/mol. The largest absolute Gasteiger partial charge is 0.344 e. The highest BCUT2D eigenvalue weighted by molar-refractivity contribution is 7.93. The van der Waals surface area contributed by atoms with Gasteiger partial charge in [0, 0.05) is 18.4 Å². The first kappa shape index (κ1) is 23.1. The van der Waals surface area contributed by atoms with E-state index in [0.29, 0.717) is 5.69 Å². The van der Waals surface area contributed by atoms with E-state index >= 15 is 0 Å². The number of carbonyl (C=O) groups is 3. The van der Waals surface area contributed by atoms with E-state index in [-0.39, 0.29) is 39.6 Å². The first-order valence-corrected chi connectivity index (χ1v) is 11.3.